The number of hydrogen-bond acceptors (Lipinski definition) is 4. The Balaban J connectivity index is 1.51. The minimum atomic E-state index is -0.448. The predicted molar refractivity (Wildman–Crippen MR) is 91.5 cm³/mol. The summed E-state index contributed by atoms with van der Waals surface area (Å²) >= 11 is 0. The van der Waals surface area contributed by atoms with Crippen molar-refractivity contribution < 1.29 is 9.84 Å². The number of aliphatic hydroxyl groups is 1. The van der Waals surface area contributed by atoms with E-state index in [0.29, 0.717) is 13.2 Å². The number of ether oxygens (including phenoxy) is 1. The Morgan fingerprint density at radius 2 is 1.70 bits per heavy atom. The lowest BCUT2D eigenvalue weighted by Gasteiger charge is -2.29. The molecule has 1 aliphatic heterocycles. The van der Waals surface area contributed by atoms with Crippen molar-refractivity contribution in [2.45, 2.75) is 12.7 Å². The van der Waals surface area contributed by atoms with Gasteiger partial charge in [-0.05, 0) is 23.3 Å². The quantitative estimate of drug-likeness (QED) is 0.858. The minimum absolute atomic E-state index is 0.448. The van der Waals surface area contributed by atoms with Gasteiger partial charge in [-0.3, -0.25) is 4.90 Å². The highest BCUT2D eigenvalue weighted by Crippen LogP contribution is 2.19. The maximum atomic E-state index is 10.4. The average Bonchev–Trinajstić information content (AvgIpc) is 2.62. The zero-order valence-corrected chi connectivity index (χ0v) is 13.3. The molecular formula is C19H24N2O2. The van der Waals surface area contributed by atoms with Crippen LogP contribution in [0.15, 0.2) is 54.6 Å². The Bertz CT molecular complexity index is 580. The third-order valence-electron chi connectivity index (χ3n) is 4.15. The largest absolute Gasteiger partial charge is 0.489 e. The summed E-state index contributed by atoms with van der Waals surface area (Å²) in [5.41, 5.74) is 2.09. The third kappa shape index (κ3) is 4.79. The predicted octanol–water partition coefficient (Wildman–Crippen LogP) is 2.20. The van der Waals surface area contributed by atoms with Crippen molar-refractivity contribution in [2.75, 3.05) is 32.7 Å². The van der Waals surface area contributed by atoms with Crippen LogP contribution in [0.1, 0.15) is 17.2 Å². The van der Waals surface area contributed by atoms with Crippen molar-refractivity contribution in [3.05, 3.63) is 65.7 Å². The van der Waals surface area contributed by atoms with E-state index < -0.39 is 6.10 Å². The van der Waals surface area contributed by atoms with Crippen LogP contribution in [0.4, 0.5) is 0 Å². The lowest BCUT2D eigenvalue weighted by Crippen LogP contribution is -2.44. The second kappa shape index (κ2) is 8.11. The van der Waals surface area contributed by atoms with Gasteiger partial charge in [0.1, 0.15) is 12.4 Å². The average molecular weight is 312 g/mol. The lowest BCUT2D eigenvalue weighted by atomic mass is 10.1. The summed E-state index contributed by atoms with van der Waals surface area (Å²) < 4.78 is 5.78. The van der Waals surface area contributed by atoms with Crippen molar-refractivity contribution in [1.29, 1.82) is 0 Å². The van der Waals surface area contributed by atoms with Gasteiger partial charge in [0.05, 0.1) is 6.10 Å². The number of hydrogen-bond donors (Lipinski definition) is 2. The zero-order valence-electron chi connectivity index (χ0n) is 13.3. The Kier molecular flexibility index (Phi) is 5.64. The number of nitrogens with one attached hydrogen (secondary N) is 1. The molecule has 23 heavy (non-hydrogen) atoms. The first-order valence-electron chi connectivity index (χ1n) is 8.19. The van der Waals surface area contributed by atoms with E-state index in [1.54, 1.807) is 0 Å². The van der Waals surface area contributed by atoms with Crippen LogP contribution in [0.3, 0.4) is 0 Å². The normalized spacial score (nSPS) is 16.9. The van der Waals surface area contributed by atoms with Gasteiger partial charge >= 0.3 is 0 Å². The topological polar surface area (TPSA) is 44.7 Å². The number of β-amino-alcohol motifs (C(OH)–C–C–N with tert-alkyl or cyclic N) is 1. The Labute approximate surface area is 137 Å². The van der Waals surface area contributed by atoms with Crippen LogP contribution >= 0.6 is 0 Å². The summed E-state index contributed by atoms with van der Waals surface area (Å²) in [6.07, 6.45) is -0.448. The SMILES string of the molecule is OC(CN1CCNCC1)c1ccc(OCc2ccccc2)cc1. The number of aliphatic hydroxyl groups excluding tert-OH is 1. The molecule has 0 amide bonds. The fourth-order valence-electron chi connectivity index (χ4n) is 2.77. The van der Waals surface area contributed by atoms with E-state index in [1.807, 2.05) is 54.6 Å². The first kappa shape index (κ1) is 16.0. The lowest BCUT2D eigenvalue weighted by molar-refractivity contribution is 0.105. The molecule has 4 heteroatoms. The summed E-state index contributed by atoms with van der Waals surface area (Å²) in [6, 6.07) is 17.9. The fraction of sp³-hybridized carbons (Fsp3) is 0.368. The minimum Gasteiger partial charge on any atom is -0.489 e. The van der Waals surface area contributed by atoms with E-state index >= 15 is 0 Å². The van der Waals surface area contributed by atoms with Gasteiger partial charge in [0.25, 0.3) is 0 Å². The fourth-order valence-corrected chi connectivity index (χ4v) is 2.77. The standard InChI is InChI=1S/C19H24N2O2/c22-19(14-21-12-10-20-11-13-21)17-6-8-18(9-7-17)23-15-16-4-2-1-3-5-16/h1-9,19-20,22H,10-15H2. The van der Waals surface area contributed by atoms with E-state index in [-0.39, 0.29) is 0 Å². The summed E-state index contributed by atoms with van der Waals surface area (Å²) in [7, 11) is 0. The number of nitrogens with zero attached hydrogens (tertiary/aromatic N) is 1. The molecule has 0 saturated carbocycles. The molecular weight excluding hydrogens is 288 g/mol. The van der Waals surface area contributed by atoms with Crippen molar-refractivity contribution >= 4 is 0 Å². The van der Waals surface area contributed by atoms with Crippen LogP contribution in [0.2, 0.25) is 0 Å². The van der Waals surface area contributed by atoms with Gasteiger partial charge in [0, 0.05) is 32.7 Å². The van der Waals surface area contributed by atoms with E-state index in [9.17, 15) is 5.11 Å². The van der Waals surface area contributed by atoms with E-state index in [0.717, 1.165) is 43.1 Å². The maximum absolute atomic E-state index is 10.4. The van der Waals surface area contributed by atoms with Crippen molar-refractivity contribution in [2.24, 2.45) is 0 Å². The van der Waals surface area contributed by atoms with Crippen LogP contribution in [0.25, 0.3) is 0 Å². The molecule has 0 radical (unpaired) electrons. The van der Waals surface area contributed by atoms with Crippen molar-refractivity contribution in [1.82, 2.24) is 10.2 Å². The molecule has 0 aromatic heterocycles. The van der Waals surface area contributed by atoms with Gasteiger partial charge in [-0.15, -0.1) is 0 Å². The molecule has 1 heterocycles. The van der Waals surface area contributed by atoms with E-state index in [4.69, 9.17) is 4.74 Å². The Hall–Kier alpha value is -1.88. The second-order valence-electron chi connectivity index (χ2n) is 5.91. The molecule has 0 aliphatic carbocycles. The Morgan fingerprint density at radius 1 is 1.00 bits per heavy atom. The van der Waals surface area contributed by atoms with Gasteiger partial charge < -0.3 is 15.2 Å². The van der Waals surface area contributed by atoms with Gasteiger partial charge in [-0.25, -0.2) is 0 Å². The van der Waals surface area contributed by atoms with Crippen molar-refractivity contribution in [3.8, 4) is 5.75 Å². The highest BCUT2D eigenvalue weighted by atomic mass is 16.5. The molecule has 122 valence electrons. The molecule has 3 rings (SSSR count). The first-order chi connectivity index (χ1) is 11.3. The zero-order chi connectivity index (χ0) is 15.9. The van der Waals surface area contributed by atoms with Crippen LogP contribution < -0.4 is 10.1 Å². The molecule has 2 N–H and O–H groups in total. The smallest absolute Gasteiger partial charge is 0.119 e. The number of piperazine rings is 1. The molecule has 1 fully saturated rings. The third-order valence-corrected chi connectivity index (χ3v) is 4.15. The summed E-state index contributed by atoms with van der Waals surface area (Å²) in [5.74, 6) is 0.826. The summed E-state index contributed by atoms with van der Waals surface area (Å²) in [6.45, 7) is 5.23. The first-order valence-corrected chi connectivity index (χ1v) is 8.19. The molecule has 0 bridgehead atoms. The molecule has 2 aromatic carbocycles. The van der Waals surface area contributed by atoms with Gasteiger partial charge in [-0.2, -0.15) is 0 Å². The summed E-state index contributed by atoms with van der Waals surface area (Å²) in [4.78, 5) is 2.29. The van der Waals surface area contributed by atoms with Gasteiger partial charge in [0.15, 0.2) is 0 Å². The molecule has 1 unspecified atom stereocenters. The van der Waals surface area contributed by atoms with Crippen LogP contribution in [0.5, 0.6) is 5.75 Å². The molecule has 1 saturated heterocycles. The van der Waals surface area contributed by atoms with Crippen LogP contribution in [-0.4, -0.2) is 42.7 Å². The highest BCUT2D eigenvalue weighted by Gasteiger charge is 2.15. The maximum Gasteiger partial charge on any atom is 0.119 e. The molecule has 0 spiro atoms. The van der Waals surface area contributed by atoms with Crippen LogP contribution in [-0.2, 0) is 6.61 Å². The highest BCUT2D eigenvalue weighted by molar-refractivity contribution is 5.29. The molecule has 4 nitrogen and oxygen atoms in total. The second-order valence-corrected chi connectivity index (χ2v) is 5.91. The molecule has 1 aliphatic rings. The van der Waals surface area contributed by atoms with Crippen LogP contribution in [0, 0.1) is 0 Å². The monoisotopic (exact) mass is 312 g/mol. The van der Waals surface area contributed by atoms with Crippen molar-refractivity contribution in [3.63, 3.8) is 0 Å². The molecule has 2 aromatic rings. The summed E-state index contributed by atoms with van der Waals surface area (Å²) in [5, 5.41) is 13.7. The number of benzene rings is 2. The number of rotatable bonds is 6. The van der Waals surface area contributed by atoms with Gasteiger partial charge in [-0.1, -0.05) is 42.5 Å². The van der Waals surface area contributed by atoms with Gasteiger partial charge in [0.2, 0.25) is 0 Å². The van der Waals surface area contributed by atoms with E-state index in [2.05, 4.69) is 10.2 Å². The Morgan fingerprint density at radius 3 is 2.39 bits per heavy atom. The van der Waals surface area contributed by atoms with E-state index in [1.165, 1.54) is 0 Å². The molecule has 1 atom stereocenters.